The first-order valence-electron chi connectivity index (χ1n) is 6.13. The van der Waals surface area contributed by atoms with Crippen LogP contribution in [0.1, 0.15) is 18.2 Å². The van der Waals surface area contributed by atoms with Gasteiger partial charge in [-0.3, -0.25) is 0 Å². The molecule has 10 heteroatoms. The number of hydrogen-bond acceptors (Lipinski definition) is 8. The number of hydrogen-bond donors (Lipinski definition) is 3. The second kappa shape index (κ2) is 6.89. The van der Waals surface area contributed by atoms with E-state index in [9.17, 15) is 5.11 Å². The standard InChI is InChI=1S/C12H13BrN6O3/c1-2-21-8-4-6(3-7(13)10(8)20)5-16-17-11(14)9-12(15)19-22-18-9/h3-5,20H,2H2,1H3,(H2,14,17)(H2,15,19)/b16-5+. The first-order valence-corrected chi connectivity index (χ1v) is 6.92. The van der Waals surface area contributed by atoms with Gasteiger partial charge in [-0.15, -0.1) is 5.10 Å². The SMILES string of the molecule is CCOc1cc(/C=N/N=C(N)c2nonc2N)cc(Br)c1O. The summed E-state index contributed by atoms with van der Waals surface area (Å²) < 4.78 is 10.2. The lowest BCUT2D eigenvalue weighted by atomic mass is 10.2. The van der Waals surface area contributed by atoms with Crippen LogP contribution >= 0.6 is 15.9 Å². The van der Waals surface area contributed by atoms with Gasteiger partial charge in [0.05, 0.1) is 17.3 Å². The van der Waals surface area contributed by atoms with Crippen molar-refractivity contribution in [3.05, 3.63) is 27.9 Å². The maximum absolute atomic E-state index is 9.82. The van der Waals surface area contributed by atoms with Gasteiger partial charge in [0.15, 0.2) is 28.8 Å². The van der Waals surface area contributed by atoms with Gasteiger partial charge in [-0.05, 0) is 50.9 Å². The molecule has 0 aliphatic heterocycles. The average Bonchev–Trinajstić information content (AvgIpc) is 2.90. The summed E-state index contributed by atoms with van der Waals surface area (Å²) >= 11 is 3.23. The molecule has 22 heavy (non-hydrogen) atoms. The molecular weight excluding hydrogens is 356 g/mol. The Hall–Kier alpha value is -2.62. The molecule has 2 aromatic rings. The molecule has 5 N–H and O–H groups in total. The van der Waals surface area contributed by atoms with Crippen LogP contribution in [0.15, 0.2) is 31.4 Å². The molecule has 9 nitrogen and oxygen atoms in total. The van der Waals surface area contributed by atoms with Crippen molar-refractivity contribution in [3.63, 3.8) is 0 Å². The minimum absolute atomic E-state index is 0.0171. The molecular formula is C12H13BrN6O3. The highest BCUT2D eigenvalue weighted by Crippen LogP contribution is 2.35. The number of phenolic OH excluding ortho intramolecular Hbond substituents is 1. The number of nitrogens with zero attached hydrogens (tertiary/aromatic N) is 4. The fourth-order valence-corrected chi connectivity index (χ4v) is 1.97. The number of anilines is 1. The van der Waals surface area contributed by atoms with Crippen molar-refractivity contribution >= 4 is 33.8 Å². The highest BCUT2D eigenvalue weighted by Gasteiger charge is 2.10. The Kier molecular flexibility index (Phi) is 4.94. The summed E-state index contributed by atoms with van der Waals surface area (Å²) in [7, 11) is 0. The Balaban J connectivity index is 2.21. The molecule has 0 saturated carbocycles. The summed E-state index contributed by atoms with van der Waals surface area (Å²) in [5.41, 5.74) is 11.9. The van der Waals surface area contributed by atoms with Gasteiger partial charge >= 0.3 is 0 Å². The zero-order valence-corrected chi connectivity index (χ0v) is 13.1. The van der Waals surface area contributed by atoms with Crippen molar-refractivity contribution in [2.45, 2.75) is 6.92 Å². The van der Waals surface area contributed by atoms with Crippen molar-refractivity contribution in [2.24, 2.45) is 15.9 Å². The minimum atomic E-state index is -0.0297. The van der Waals surface area contributed by atoms with Gasteiger partial charge in [0, 0.05) is 0 Å². The molecule has 0 radical (unpaired) electrons. The first-order chi connectivity index (χ1) is 10.5. The van der Waals surface area contributed by atoms with Crippen LogP contribution in [0.5, 0.6) is 11.5 Å². The predicted molar refractivity (Wildman–Crippen MR) is 84.0 cm³/mol. The molecule has 1 heterocycles. The summed E-state index contributed by atoms with van der Waals surface area (Å²) in [4.78, 5) is 0. The maximum Gasteiger partial charge on any atom is 0.199 e. The summed E-state index contributed by atoms with van der Waals surface area (Å²) in [6.45, 7) is 2.24. The van der Waals surface area contributed by atoms with Crippen LogP contribution < -0.4 is 16.2 Å². The number of nitrogens with two attached hydrogens (primary N) is 2. The third-order valence-corrected chi connectivity index (χ3v) is 3.08. The number of rotatable bonds is 5. The molecule has 1 aromatic heterocycles. The predicted octanol–water partition coefficient (Wildman–Crippen LogP) is 1.26. The molecule has 2 rings (SSSR count). The van der Waals surface area contributed by atoms with Crippen LogP contribution in [0, 0.1) is 0 Å². The van der Waals surface area contributed by atoms with Gasteiger partial charge in [-0.2, -0.15) is 5.10 Å². The summed E-state index contributed by atoms with van der Waals surface area (Å²) in [5, 5.41) is 24.3. The molecule has 0 amide bonds. The molecule has 116 valence electrons. The largest absolute Gasteiger partial charge is 0.503 e. The smallest absolute Gasteiger partial charge is 0.199 e. The van der Waals surface area contributed by atoms with Crippen LogP contribution in [0.4, 0.5) is 5.82 Å². The fourth-order valence-electron chi connectivity index (χ4n) is 1.51. The Morgan fingerprint density at radius 2 is 2.27 bits per heavy atom. The number of aromatic nitrogens is 2. The van der Waals surface area contributed by atoms with E-state index < -0.39 is 0 Å². The Labute approximate surface area is 133 Å². The second-order valence-corrected chi connectivity index (χ2v) is 4.86. The van der Waals surface area contributed by atoms with E-state index in [2.05, 4.69) is 41.1 Å². The van der Waals surface area contributed by atoms with Crippen LogP contribution in [0.3, 0.4) is 0 Å². The maximum atomic E-state index is 9.82. The molecule has 0 aliphatic carbocycles. The molecule has 0 unspecified atom stereocenters. The molecule has 0 spiro atoms. The van der Waals surface area contributed by atoms with Gasteiger partial charge < -0.3 is 21.3 Å². The number of phenols is 1. The van der Waals surface area contributed by atoms with E-state index in [1.54, 1.807) is 12.1 Å². The van der Waals surface area contributed by atoms with E-state index in [-0.39, 0.29) is 23.1 Å². The lowest BCUT2D eigenvalue weighted by Crippen LogP contribution is -2.15. The van der Waals surface area contributed by atoms with E-state index in [1.165, 1.54) is 6.21 Å². The van der Waals surface area contributed by atoms with Crippen LogP contribution in [-0.4, -0.2) is 34.1 Å². The van der Waals surface area contributed by atoms with Crippen molar-refractivity contribution in [2.75, 3.05) is 12.3 Å². The van der Waals surface area contributed by atoms with Gasteiger partial charge in [0.2, 0.25) is 0 Å². The summed E-state index contributed by atoms with van der Waals surface area (Å²) in [5.74, 6) is 0.351. The second-order valence-electron chi connectivity index (χ2n) is 4.01. The topological polar surface area (TPSA) is 145 Å². The van der Waals surface area contributed by atoms with Crippen LogP contribution in [0.25, 0.3) is 0 Å². The Morgan fingerprint density at radius 3 is 2.91 bits per heavy atom. The number of amidine groups is 1. The number of benzene rings is 1. The van der Waals surface area contributed by atoms with E-state index in [0.29, 0.717) is 22.4 Å². The highest BCUT2D eigenvalue weighted by molar-refractivity contribution is 9.10. The average molecular weight is 369 g/mol. The third kappa shape index (κ3) is 3.52. The molecule has 0 aliphatic rings. The molecule has 0 atom stereocenters. The number of halogens is 1. The van der Waals surface area contributed by atoms with E-state index in [4.69, 9.17) is 16.2 Å². The number of aromatic hydroxyl groups is 1. The lowest BCUT2D eigenvalue weighted by Gasteiger charge is -2.08. The summed E-state index contributed by atoms with van der Waals surface area (Å²) in [6, 6.07) is 3.27. The van der Waals surface area contributed by atoms with Crippen LogP contribution in [-0.2, 0) is 0 Å². The first kappa shape index (κ1) is 15.8. The number of ether oxygens (including phenoxy) is 1. The Bertz CT molecular complexity index is 728. The zero-order chi connectivity index (χ0) is 16.1. The monoisotopic (exact) mass is 368 g/mol. The quantitative estimate of drug-likeness (QED) is 0.409. The highest BCUT2D eigenvalue weighted by atomic mass is 79.9. The molecule has 0 saturated heterocycles. The molecule has 0 bridgehead atoms. The van der Waals surface area contributed by atoms with E-state index in [0.717, 1.165) is 0 Å². The normalized spacial score (nSPS) is 12.0. The van der Waals surface area contributed by atoms with Crippen molar-refractivity contribution < 1.29 is 14.5 Å². The zero-order valence-electron chi connectivity index (χ0n) is 11.5. The van der Waals surface area contributed by atoms with Gasteiger partial charge in [0.1, 0.15) is 0 Å². The fraction of sp³-hybridized carbons (Fsp3) is 0.167. The van der Waals surface area contributed by atoms with Gasteiger partial charge in [0.25, 0.3) is 0 Å². The van der Waals surface area contributed by atoms with Gasteiger partial charge in [-0.1, -0.05) is 0 Å². The van der Waals surface area contributed by atoms with Crippen molar-refractivity contribution in [1.29, 1.82) is 0 Å². The number of nitrogen functional groups attached to an aromatic ring is 1. The van der Waals surface area contributed by atoms with Crippen molar-refractivity contribution in [3.8, 4) is 11.5 Å². The summed E-state index contributed by atoms with van der Waals surface area (Å²) in [6.07, 6.45) is 1.43. The van der Waals surface area contributed by atoms with E-state index >= 15 is 0 Å². The lowest BCUT2D eigenvalue weighted by molar-refractivity contribution is 0.308. The third-order valence-electron chi connectivity index (χ3n) is 2.48. The molecule has 0 fully saturated rings. The van der Waals surface area contributed by atoms with Crippen LogP contribution in [0.2, 0.25) is 0 Å². The minimum Gasteiger partial charge on any atom is -0.503 e. The van der Waals surface area contributed by atoms with Gasteiger partial charge in [-0.25, -0.2) is 4.63 Å². The Morgan fingerprint density at radius 1 is 1.50 bits per heavy atom. The van der Waals surface area contributed by atoms with Crippen molar-refractivity contribution in [1.82, 2.24) is 10.3 Å². The molecule has 1 aromatic carbocycles. The van der Waals surface area contributed by atoms with E-state index in [1.807, 2.05) is 6.92 Å².